The maximum atomic E-state index is 11.7. The first-order valence-corrected chi connectivity index (χ1v) is 6.96. The molecule has 1 aliphatic rings. The number of hydrogen-bond acceptors (Lipinski definition) is 5. The average molecular weight is 278 g/mol. The van der Waals surface area contributed by atoms with Gasteiger partial charge in [-0.05, 0) is 12.0 Å². The molecule has 2 rings (SSSR count). The summed E-state index contributed by atoms with van der Waals surface area (Å²) in [4.78, 5) is 24.6. The zero-order valence-electron chi connectivity index (χ0n) is 12.4. The predicted octanol–water partition coefficient (Wildman–Crippen LogP) is 0.895. The molecular formula is C14H22N4O2. The highest BCUT2D eigenvalue weighted by molar-refractivity contribution is 5.77. The molecule has 20 heavy (non-hydrogen) atoms. The largest absolute Gasteiger partial charge is 0.375 e. The highest BCUT2D eigenvalue weighted by Crippen LogP contribution is 2.16. The maximum absolute atomic E-state index is 11.7. The van der Waals surface area contributed by atoms with Crippen molar-refractivity contribution in [3.8, 4) is 0 Å². The summed E-state index contributed by atoms with van der Waals surface area (Å²) in [6.45, 7) is 7.29. The SMILES string of the molecule is COCC(=O)N1CCN(c2nccc(C(C)C)n2)CC1. The Morgan fingerprint density at radius 1 is 1.35 bits per heavy atom. The third-order valence-corrected chi connectivity index (χ3v) is 3.44. The monoisotopic (exact) mass is 278 g/mol. The molecule has 0 spiro atoms. The van der Waals surface area contributed by atoms with Gasteiger partial charge in [0, 0.05) is 45.2 Å². The van der Waals surface area contributed by atoms with E-state index in [1.165, 1.54) is 0 Å². The maximum Gasteiger partial charge on any atom is 0.248 e. The first kappa shape index (κ1) is 14.7. The van der Waals surface area contributed by atoms with E-state index in [-0.39, 0.29) is 12.5 Å². The van der Waals surface area contributed by atoms with Crippen molar-refractivity contribution in [3.05, 3.63) is 18.0 Å². The highest BCUT2D eigenvalue weighted by Gasteiger charge is 2.22. The van der Waals surface area contributed by atoms with E-state index >= 15 is 0 Å². The molecule has 110 valence electrons. The van der Waals surface area contributed by atoms with Crippen LogP contribution in [0.1, 0.15) is 25.5 Å². The van der Waals surface area contributed by atoms with Gasteiger partial charge < -0.3 is 14.5 Å². The van der Waals surface area contributed by atoms with Gasteiger partial charge in [-0.25, -0.2) is 9.97 Å². The Hall–Kier alpha value is -1.69. The molecule has 0 aliphatic carbocycles. The summed E-state index contributed by atoms with van der Waals surface area (Å²) >= 11 is 0. The zero-order valence-corrected chi connectivity index (χ0v) is 12.4. The first-order valence-electron chi connectivity index (χ1n) is 6.96. The van der Waals surface area contributed by atoms with Crippen molar-refractivity contribution in [2.75, 3.05) is 44.8 Å². The van der Waals surface area contributed by atoms with Crippen LogP contribution in [-0.4, -0.2) is 60.7 Å². The molecule has 0 atom stereocenters. The van der Waals surface area contributed by atoms with Crippen molar-refractivity contribution in [2.24, 2.45) is 0 Å². The Labute approximate surface area is 119 Å². The summed E-state index contributed by atoms with van der Waals surface area (Å²) in [5.74, 6) is 1.19. The van der Waals surface area contributed by atoms with E-state index in [1.54, 1.807) is 13.3 Å². The van der Waals surface area contributed by atoms with Crippen LogP contribution in [0.15, 0.2) is 12.3 Å². The third-order valence-electron chi connectivity index (χ3n) is 3.44. The van der Waals surface area contributed by atoms with Crippen molar-refractivity contribution in [1.82, 2.24) is 14.9 Å². The predicted molar refractivity (Wildman–Crippen MR) is 76.8 cm³/mol. The third kappa shape index (κ3) is 3.45. The molecule has 0 N–H and O–H groups in total. The Morgan fingerprint density at radius 2 is 2.05 bits per heavy atom. The number of aromatic nitrogens is 2. The van der Waals surface area contributed by atoms with Gasteiger partial charge in [-0.2, -0.15) is 0 Å². The number of rotatable bonds is 4. The molecule has 0 saturated carbocycles. The first-order chi connectivity index (χ1) is 9.61. The number of nitrogens with zero attached hydrogens (tertiary/aromatic N) is 4. The van der Waals surface area contributed by atoms with Gasteiger partial charge in [0.15, 0.2) is 0 Å². The van der Waals surface area contributed by atoms with Gasteiger partial charge in [0.05, 0.1) is 0 Å². The van der Waals surface area contributed by atoms with Crippen LogP contribution in [0.3, 0.4) is 0 Å². The molecular weight excluding hydrogens is 256 g/mol. The quantitative estimate of drug-likeness (QED) is 0.819. The summed E-state index contributed by atoms with van der Waals surface area (Å²) in [5, 5.41) is 0. The van der Waals surface area contributed by atoms with Crippen LogP contribution in [0.2, 0.25) is 0 Å². The minimum atomic E-state index is 0.0454. The van der Waals surface area contributed by atoms with E-state index in [4.69, 9.17) is 4.74 Å². The minimum absolute atomic E-state index is 0.0454. The van der Waals surface area contributed by atoms with E-state index in [9.17, 15) is 4.79 Å². The lowest BCUT2D eigenvalue weighted by molar-refractivity contribution is -0.135. The van der Waals surface area contributed by atoms with Crippen LogP contribution in [0.4, 0.5) is 5.95 Å². The van der Waals surface area contributed by atoms with Gasteiger partial charge in [-0.1, -0.05) is 13.8 Å². The molecule has 0 unspecified atom stereocenters. The fraction of sp³-hybridized carbons (Fsp3) is 0.643. The molecule has 1 aromatic heterocycles. The lowest BCUT2D eigenvalue weighted by Crippen LogP contribution is -2.50. The van der Waals surface area contributed by atoms with Crippen molar-refractivity contribution in [1.29, 1.82) is 0 Å². The van der Waals surface area contributed by atoms with Crippen LogP contribution in [0, 0.1) is 0 Å². The molecule has 1 saturated heterocycles. The van der Waals surface area contributed by atoms with Gasteiger partial charge in [0.2, 0.25) is 11.9 Å². The molecule has 0 aromatic carbocycles. The number of hydrogen-bond donors (Lipinski definition) is 0. The van der Waals surface area contributed by atoms with Crippen LogP contribution in [0.5, 0.6) is 0 Å². The van der Waals surface area contributed by atoms with Gasteiger partial charge in [-0.3, -0.25) is 4.79 Å². The molecule has 1 fully saturated rings. The zero-order chi connectivity index (χ0) is 14.5. The van der Waals surface area contributed by atoms with Gasteiger partial charge in [0.25, 0.3) is 0 Å². The summed E-state index contributed by atoms with van der Waals surface area (Å²) in [6, 6.07) is 1.95. The summed E-state index contributed by atoms with van der Waals surface area (Å²) in [5.41, 5.74) is 1.05. The second kappa shape index (κ2) is 6.65. The van der Waals surface area contributed by atoms with Crippen molar-refractivity contribution < 1.29 is 9.53 Å². The lowest BCUT2D eigenvalue weighted by Gasteiger charge is -2.34. The van der Waals surface area contributed by atoms with E-state index in [0.717, 1.165) is 24.7 Å². The van der Waals surface area contributed by atoms with Gasteiger partial charge in [0.1, 0.15) is 6.61 Å². The van der Waals surface area contributed by atoms with Crippen molar-refractivity contribution in [3.63, 3.8) is 0 Å². The Bertz CT molecular complexity index is 456. The van der Waals surface area contributed by atoms with E-state index < -0.39 is 0 Å². The molecule has 2 heterocycles. The van der Waals surface area contributed by atoms with Crippen LogP contribution < -0.4 is 4.90 Å². The fourth-order valence-corrected chi connectivity index (χ4v) is 2.21. The van der Waals surface area contributed by atoms with Gasteiger partial charge in [-0.15, -0.1) is 0 Å². The smallest absolute Gasteiger partial charge is 0.248 e. The van der Waals surface area contributed by atoms with Gasteiger partial charge >= 0.3 is 0 Å². The molecule has 1 aromatic rings. The molecule has 0 radical (unpaired) electrons. The normalized spacial score (nSPS) is 15.8. The number of carbonyl (C=O) groups excluding carboxylic acids is 1. The Balaban J connectivity index is 1.97. The second-order valence-electron chi connectivity index (χ2n) is 5.24. The number of amides is 1. The number of anilines is 1. The number of carbonyl (C=O) groups is 1. The Morgan fingerprint density at radius 3 is 2.65 bits per heavy atom. The van der Waals surface area contributed by atoms with Crippen LogP contribution in [-0.2, 0) is 9.53 Å². The highest BCUT2D eigenvalue weighted by atomic mass is 16.5. The molecule has 0 bridgehead atoms. The number of ether oxygens (including phenoxy) is 1. The average Bonchev–Trinajstić information content (AvgIpc) is 2.48. The summed E-state index contributed by atoms with van der Waals surface area (Å²) in [7, 11) is 1.54. The summed E-state index contributed by atoms with van der Waals surface area (Å²) < 4.78 is 4.88. The number of piperazine rings is 1. The lowest BCUT2D eigenvalue weighted by atomic mass is 10.1. The molecule has 6 heteroatoms. The topological polar surface area (TPSA) is 58.6 Å². The molecule has 1 amide bonds. The van der Waals surface area contributed by atoms with Crippen LogP contribution >= 0.6 is 0 Å². The Kier molecular flexibility index (Phi) is 4.89. The van der Waals surface area contributed by atoms with E-state index in [1.807, 2.05) is 11.0 Å². The number of methoxy groups -OCH3 is 1. The van der Waals surface area contributed by atoms with Crippen molar-refractivity contribution in [2.45, 2.75) is 19.8 Å². The minimum Gasteiger partial charge on any atom is -0.375 e. The van der Waals surface area contributed by atoms with Crippen molar-refractivity contribution >= 4 is 11.9 Å². The summed E-state index contributed by atoms with van der Waals surface area (Å²) in [6.07, 6.45) is 1.81. The fourth-order valence-electron chi connectivity index (χ4n) is 2.21. The molecule has 1 aliphatic heterocycles. The standard InChI is InChI=1S/C14H22N4O2/c1-11(2)12-4-5-15-14(16-12)18-8-6-17(7-9-18)13(19)10-20-3/h4-5,11H,6-10H2,1-3H3. The second-order valence-corrected chi connectivity index (χ2v) is 5.24. The molecule has 6 nitrogen and oxygen atoms in total. The van der Waals surface area contributed by atoms with E-state index in [0.29, 0.717) is 19.0 Å². The van der Waals surface area contributed by atoms with E-state index in [2.05, 4.69) is 28.7 Å². The van der Waals surface area contributed by atoms with Crippen LogP contribution in [0.25, 0.3) is 0 Å².